The van der Waals surface area contributed by atoms with Gasteiger partial charge in [-0.05, 0) is 63.8 Å². The van der Waals surface area contributed by atoms with E-state index in [9.17, 15) is 13.6 Å². The Bertz CT molecular complexity index is 1040. The van der Waals surface area contributed by atoms with Crippen molar-refractivity contribution >= 4 is 45.0 Å². The average Bonchev–Trinajstić information content (AvgIpc) is 3.18. The lowest BCUT2D eigenvalue weighted by atomic mass is 10.2. The number of carbonyl (C=O) groups excluding carboxylic acids is 1. The van der Waals surface area contributed by atoms with Crippen LogP contribution in [0.3, 0.4) is 0 Å². The normalized spacial score (nSPS) is 11.0. The van der Waals surface area contributed by atoms with E-state index < -0.39 is 11.6 Å². The molecule has 180 valence electrons. The second kappa shape index (κ2) is 12.8. The van der Waals surface area contributed by atoms with Crippen LogP contribution in [0.5, 0.6) is 5.75 Å². The Balaban J connectivity index is 0.00000385. The zero-order valence-electron chi connectivity index (χ0n) is 19.1. The summed E-state index contributed by atoms with van der Waals surface area (Å²) >= 11 is 1.11. The van der Waals surface area contributed by atoms with Gasteiger partial charge in [0.05, 0.1) is 11.3 Å². The van der Waals surface area contributed by atoms with Crippen LogP contribution in [0.4, 0.5) is 13.9 Å². The highest BCUT2D eigenvalue weighted by atomic mass is 35.5. The van der Waals surface area contributed by atoms with Gasteiger partial charge in [-0.1, -0.05) is 31.1 Å². The number of unbranched alkanes of at least 4 members (excludes halogenated alkanes) is 2. The zero-order valence-corrected chi connectivity index (χ0v) is 20.8. The number of aromatic nitrogens is 1. The van der Waals surface area contributed by atoms with Crippen LogP contribution in [0.2, 0.25) is 0 Å². The summed E-state index contributed by atoms with van der Waals surface area (Å²) in [5.74, 6) is -0.909. The molecule has 1 amide bonds. The molecule has 0 aliphatic rings. The first-order valence-corrected chi connectivity index (χ1v) is 11.7. The molecule has 3 aromatic rings. The van der Waals surface area contributed by atoms with Gasteiger partial charge < -0.3 is 9.64 Å². The third-order valence-corrected chi connectivity index (χ3v) is 6.01. The number of fused-ring (bicyclic) bond motifs is 1. The maximum absolute atomic E-state index is 14.2. The molecule has 33 heavy (non-hydrogen) atoms. The van der Waals surface area contributed by atoms with Gasteiger partial charge in [-0.15, -0.1) is 12.4 Å². The van der Waals surface area contributed by atoms with Crippen LogP contribution in [0.1, 0.15) is 43.0 Å². The minimum absolute atomic E-state index is 0. The minimum Gasteiger partial charge on any atom is -0.494 e. The first-order chi connectivity index (χ1) is 15.4. The lowest BCUT2D eigenvalue weighted by Crippen LogP contribution is -2.33. The Labute approximate surface area is 203 Å². The predicted octanol–water partition coefficient (Wildman–Crippen LogP) is 6.16. The first-order valence-electron chi connectivity index (χ1n) is 10.8. The van der Waals surface area contributed by atoms with Gasteiger partial charge >= 0.3 is 0 Å². The maximum Gasteiger partial charge on any atom is 0.260 e. The SMILES string of the molecule is CCCCCOc1ccc(C(=O)N(CCCN(C)C)c2nc3c(F)cc(F)cc3s2)cc1.Cl. The van der Waals surface area contributed by atoms with Gasteiger partial charge in [-0.2, -0.15) is 0 Å². The summed E-state index contributed by atoms with van der Waals surface area (Å²) in [6.07, 6.45) is 3.95. The monoisotopic (exact) mass is 497 g/mol. The number of hydrogen-bond acceptors (Lipinski definition) is 5. The Morgan fingerprint density at radius 1 is 1.06 bits per heavy atom. The number of thiazole rings is 1. The number of carbonyl (C=O) groups is 1. The van der Waals surface area contributed by atoms with Crippen molar-refractivity contribution in [1.82, 2.24) is 9.88 Å². The molecule has 0 N–H and O–H groups in total. The molecule has 0 fully saturated rings. The summed E-state index contributed by atoms with van der Waals surface area (Å²) < 4.78 is 33.9. The lowest BCUT2D eigenvalue weighted by Gasteiger charge is -2.21. The van der Waals surface area contributed by atoms with E-state index in [1.807, 2.05) is 19.0 Å². The number of halogens is 3. The van der Waals surface area contributed by atoms with Crippen molar-refractivity contribution in [2.24, 2.45) is 0 Å². The molecule has 5 nitrogen and oxygen atoms in total. The van der Waals surface area contributed by atoms with E-state index in [-0.39, 0.29) is 23.8 Å². The molecule has 1 heterocycles. The number of ether oxygens (including phenoxy) is 1. The molecule has 0 unspecified atom stereocenters. The number of hydrogen-bond donors (Lipinski definition) is 0. The summed E-state index contributed by atoms with van der Waals surface area (Å²) in [7, 11) is 3.92. The average molecular weight is 498 g/mol. The molecular weight excluding hydrogens is 468 g/mol. The standard InChI is InChI=1S/C24H29F2N3O2S.ClH/c1-4-5-6-14-31-19-10-8-17(9-11-19)23(30)29(13-7-12-28(2)3)24-27-22-20(26)15-18(25)16-21(22)32-24;/h8-11,15-16H,4-7,12-14H2,1-3H3;1H. The summed E-state index contributed by atoms with van der Waals surface area (Å²) in [4.78, 5) is 21.2. The van der Waals surface area contributed by atoms with Crippen molar-refractivity contribution in [2.45, 2.75) is 32.6 Å². The van der Waals surface area contributed by atoms with E-state index in [2.05, 4.69) is 11.9 Å². The molecule has 9 heteroatoms. The maximum atomic E-state index is 14.2. The number of amides is 1. The third kappa shape index (κ3) is 7.35. The fraction of sp³-hybridized carbons (Fsp3) is 0.417. The second-order valence-electron chi connectivity index (χ2n) is 7.92. The minimum atomic E-state index is -0.729. The van der Waals surface area contributed by atoms with Crippen LogP contribution in [0.15, 0.2) is 36.4 Å². The zero-order chi connectivity index (χ0) is 23.1. The molecule has 3 rings (SSSR count). The molecule has 0 saturated carbocycles. The predicted molar refractivity (Wildman–Crippen MR) is 133 cm³/mol. The van der Waals surface area contributed by atoms with Crippen LogP contribution in [0, 0.1) is 11.6 Å². The Hall–Kier alpha value is -2.29. The molecule has 1 aromatic heterocycles. The Morgan fingerprint density at radius 3 is 2.45 bits per heavy atom. The van der Waals surface area contributed by atoms with Gasteiger partial charge in [0.2, 0.25) is 0 Å². The quantitative estimate of drug-likeness (QED) is 0.297. The summed E-state index contributed by atoms with van der Waals surface area (Å²) in [6.45, 7) is 3.98. The summed E-state index contributed by atoms with van der Waals surface area (Å²) in [5, 5.41) is 0.355. The van der Waals surface area contributed by atoms with Crippen molar-refractivity contribution in [3.8, 4) is 5.75 Å². The molecule has 0 atom stereocenters. The van der Waals surface area contributed by atoms with Gasteiger partial charge in [0.25, 0.3) is 5.91 Å². The lowest BCUT2D eigenvalue weighted by molar-refractivity contribution is 0.0986. The Kier molecular flexibility index (Phi) is 10.5. The highest BCUT2D eigenvalue weighted by Crippen LogP contribution is 2.32. The van der Waals surface area contributed by atoms with Crippen LogP contribution >= 0.6 is 23.7 Å². The van der Waals surface area contributed by atoms with Gasteiger partial charge in [-0.25, -0.2) is 13.8 Å². The number of rotatable bonds is 11. The highest BCUT2D eigenvalue weighted by molar-refractivity contribution is 7.22. The Morgan fingerprint density at radius 2 is 1.79 bits per heavy atom. The van der Waals surface area contributed by atoms with E-state index >= 15 is 0 Å². The van der Waals surface area contributed by atoms with E-state index in [0.29, 0.717) is 40.7 Å². The fourth-order valence-electron chi connectivity index (χ4n) is 3.28. The van der Waals surface area contributed by atoms with E-state index in [4.69, 9.17) is 4.74 Å². The number of anilines is 1. The van der Waals surface area contributed by atoms with Crippen LogP contribution < -0.4 is 9.64 Å². The summed E-state index contributed by atoms with van der Waals surface area (Å²) in [5.41, 5.74) is 0.564. The second-order valence-corrected chi connectivity index (χ2v) is 8.93. The molecule has 0 bridgehead atoms. The van der Waals surface area contributed by atoms with Crippen molar-refractivity contribution < 1.29 is 18.3 Å². The van der Waals surface area contributed by atoms with Gasteiger partial charge in [0.1, 0.15) is 17.1 Å². The van der Waals surface area contributed by atoms with Crippen LogP contribution in [-0.2, 0) is 0 Å². The van der Waals surface area contributed by atoms with Crippen LogP contribution in [0.25, 0.3) is 10.2 Å². The van der Waals surface area contributed by atoms with Gasteiger partial charge in [0, 0.05) is 18.2 Å². The fourth-order valence-corrected chi connectivity index (χ4v) is 4.31. The van der Waals surface area contributed by atoms with Gasteiger partial charge in [0.15, 0.2) is 10.9 Å². The van der Waals surface area contributed by atoms with Crippen LogP contribution in [-0.4, -0.2) is 49.6 Å². The number of benzene rings is 2. The summed E-state index contributed by atoms with van der Waals surface area (Å²) in [6, 6.07) is 9.07. The molecule has 0 radical (unpaired) electrons. The molecule has 0 aliphatic heterocycles. The largest absolute Gasteiger partial charge is 0.494 e. The number of nitrogens with zero attached hydrogens (tertiary/aromatic N) is 3. The molecule has 2 aromatic carbocycles. The van der Waals surface area contributed by atoms with E-state index in [1.165, 1.54) is 6.07 Å². The van der Waals surface area contributed by atoms with Crippen molar-refractivity contribution in [1.29, 1.82) is 0 Å². The van der Waals surface area contributed by atoms with Crippen molar-refractivity contribution in [3.63, 3.8) is 0 Å². The van der Waals surface area contributed by atoms with Gasteiger partial charge in [-0.3, -0.25) is 9.69 Å². The van der Waals surface area contributed by atoms with Crippen molar-refractivity contribution in [2.75, 3.05) is 38.7 Å². The van der Waals surface area contributed by atoms with E-state index in [1.54, 1.807) is 29.2 Å². The highest BCUT2D eigenvalue weighted by Gasteiger charge is 2.22. The topological polar surface area (TPSA) is 45.7 Å². The van der Waals surface area contributed by atoms with E-state index in [0.717, 1.165) is 43.2 Å². The smallest absolute Gasteiger partial charge is 0.260 e. The molecule has 0 saturated heterocycles. The molecule has 0 aliphatic carbocycles. The molecular formula is C24H30ClF2N3O2S. The van der Waals surface area contributed by atoms with Crippen molar-refractivity contribution in [3.05, 3.63) is 53.6 Å². The molecule has 0 spiro atoms. The third-order valence-electron chi connectivity index (χ3n) is 4.98. The first kappa shape index (κ1) is 27.0.